The van der Waals surface area contributed by atoms with Crippen LogP contribution >= 0.6 is 23.2 Å². The highest BCUT2D eigenvalue weighted by molar-refractivity contribution is 6.36. The van der Waals surface area contributed by atoms with E-state index in [1.54, 1.807) is 18.2 Å². The van der Waals surface area contributed by atoms with Gasteiger partial charge in [0.1, 0.15) is 5.78 Å². The fourth-order valence-corrected chi connectivity index (χ4v) is 2.54. The lowest BCUT2D eigenvalue weighted by Crippen LogP contribution is -2.23. The van der Waals surface area contributed by atoms with Crippen molar-refractivity contribution in [2.75, 3.05) is 0 Å². The van der Waals surface area contributed by atoms with Crippen LogP contribution < -0.4 is 0 Å². The first-order valence-corrected chi connectivity index (χ1v) is 6.34. The number of Topliss-reactive ketones (excluding diaryl/α,β-unsaturated/α-hetero) is 2. The predicted octanol–water partition coefficient (Wildman–Crippen LogP) is 3.94. The van der Waals surface area contributed by atoms with Crippen LogP contribution in [0.1, 0.15) is 36.0 Å². The van der Waals surface area contributed by atoms with Crippen molar-refractivity contribution in [3.63, 3.8) is 0 Å². The average molecular weight is 271 g/mol. The Labute approximate surface area is 110 Å². The molecular weight excluding hydrogens is 259 g/mol. The number of carbonyl (C=O) groups is 2. The average Bonchev–Trinajstić information content (AvgIpc) is 2.31. The van der Waals surface area contributed by atoms with E-state index in [0.717, 1.165) is 12.8 Å². The monoisotopic (exact) mass is 270 g/mol. The maximum atomic E-state index is 12.2. The van der Waals surface area contributed by atoms with E-state index in [1.807, 2.05) is 0 Å². The van der Waals surface area contributed by atoms with Crippen LogP contribution in [0.25, 0.3) is 0 Å². The minimum absolute atomic E-state index is 0.0643. The summed E-state index contributed by atoms with van der Waals surface area (Å²) in [5.74, 6) is -0.134. The van der Waals surface area contributed by atoms with Crippen LogP contribution in [0, 0.1) is 5.92 Å². The molecule has 1 saturated carbocycles. The highest BCUT2D eigenvalue weighted by Gasteiger charge is 2.27. The van der Waals surface area contributed by atoms with Crippen molar-refractivity contribution < 1.29 is 9.59 Å². The minimum atomic E-state index is -0.229. The largest absolute Gasteiger partial charge is 0.300 e. The second-order valence-electron chi connectivity index (χ2n) is 4.32. The van der Waals surface area contributed by atoms with Crippen molar-refractivity contribution >= 4 is 34.8 Å². The summed E-state index contributed by atoms with van der Waals surface area (Å²) in [5.41, 5.74) is 0.430. The quantitative estimate of drug-likeness (QED) is 0.763. The summed E-state index contributed by atoms with van der Waals surface area (Å²) in [6.45, 7) is 0. The smallest absolute Gasteiger partial charge is 0.167 e. The number of hydrogen-bond donors (Lipinski definition) is 0. The molecule has 4 heteroatoms. The molecule has 1 atom stereocenters. The van der Waals surface area contributed by atoms with E-state index in [4.69, 9.17) is 23.2 Å². The maximum Gasteiger partial charge on any atom is 0.167 e. The number of halogens is 2. The second-order valence-corrected chi connectivity index (χ2v) is 5.16. The summed E-state index contributed by atoms with van der Waals surface area (Å²) in [5, 5.41) is 0.886. The molecule has 0 aliphatic heterocycles. The molecule has 1 aromatic carbocycles. The van der Waals surface area contributed by atoms with E-state index in [9.17, 15) is 9.59 Å². The van der Waals surface area contributed by atoms with Gasteiger partial charge < -0.3 is 0 Å². The van der Waals surface area contributed by atoms with Crippen molar-refractivity contribution in [2.24, 2.45) is 5.92 Å². The predicted molar refractivity (Wildman–Crippen MR) is 67.8 cm³/mol. The van der Waals surface area contributed by atoms with Crippen molar-refractivity contribution in [1.29, 1.82) is 0 Å². The van der Waals surface area contributed by atoms with Gasteiger partial charge in [0.2, 0.25) is 0 Å². The van der Waals surface area contributed by atoms with Crippen molar-refractivity contribution in [1.82, 2.24) is 0 Å². The fourth-order valence-electron chi connectivity index (χ4n) is 2.15. The van der Waals surface area contributed by atoms with Crippen LogP contribution in [0.3, 0.4) is 0 Å². The molecule has 0 N–H and O–H groups in total. The zero-order valence-electron chi connectivity index (χ0n) is 9.21. The molecule has 1 aliphatic carbocycles. The van der Waals surface area contributed by atoms with Gasteiger partial charge in [-0.2, -0.15) is 0 Å². The normalized spacial score (nSPS) is 20.4. The summed E-state index contributed by atoms with van der Waals surface area (Å²) >= 11 is 11.8. The third-order valence-electron chi connectivity index (χ3n) is 3.05. The molecule has 0 amide bonds. The standard InChI is InChI=1S/C13H12Cl2O2/c14-9-4-5-12(15)11(7-9)13(17)8-2-1-3-10(16)6-8/h4-5,7-8H,1-3,6H2. The molecule has 0 aromatic heterocycles. The molecule has 1 unspecified atom stereocenters. The van der Waals surface area contributed by atoms with Gasteiger partial charge in [-0.25, -0.2) is 0 Å². The van der Waals surface area contributed by atoms with Gasteiger partial charge in [-0.05, 0) is 31.0 Å². The molecule has 0 bridgehead atoms. The van der Waals surface area contributed by atoms with E-state index in [1.165, 1.54) is 0 Å². The molecule has 1 aromatic rings. The summed E-state index contributed by atoms with van der Waals surface area (Å²) in [4.78, 5) is 23.6. The zero-order chi connectivity index (χ0) is 12.4. The van der Waals surface area contributed by atoms with Crippen LogP contribution in [0.2, 0.25) is 10.0 Å². The first-order chi connectivity index (χ1) is 8.08. The maximum absolute atomic E-state index is 12.2. The van der Waals surface area contributed by atoms with E-state index < -0.39 is 0 Å². The van der Waals surface area contributed by atoms with Crippen molar-refractivity contribution in [3.05, 3.63) is 33.8 Å². The van der Waals surface area contributed by atoms with Crippen molar-refractivity contribution in [2.45, 2.75) is 25.7 Å². The number of hydrogen-bond acceptors (Lipinski definition) is 2. The van der Waals surface area contributed by atoms with Gasteiger partial charge in [0.05, 0.1) is 5.02 Å². The zero-order valence-corrected chi connectivity index (χ0v) is 10.7. The minimum Gasteiger partial charge on any atom is -0.300 e. The highest BCUT2D eigenvalue weighted by Crippen LogP contribution is 2.29. The Morgan fingerprint density at radius 2 is 2.06 bits per heavy atom. The van der Waals surface area contributed by atoms with E-state index in [-0.39, 0.29) is 17.5 Å². The highest BCUT2D eigenvalue weighted by atomic mass is 35.5. The Morgan fingerprint density at radius 3 is 2.76 bits per heavy atom. The lowest BCUT2D eigenvalue weighted by molar-refractivity contribution is -0.121. The Balaban J connectivity index is 2.24. The Morgan fingerprint density at radius 1 is 1.29 bits per heavy atom. The Bertz CT molecular complexity index is 468. The lowest BCUT2D eigenvalue weighted by Gasteiger charge is -2.20. The number of carbonyl (C=O) groups excluding carboxylic acids is 2. The van der Waals surface area contributed by atoms with E-state index in [0.29, 0.717) is 28.5 Å². The van der Waals surface area contributed by atoms with Gasteiger partial charge >= 0.3 is 0 Å². The van der Waals surface area contributed by atoms with Gasteiger partial charge in [0, 0.05) is 29.3 Å². The van der Waals surface area contributed by atoms with Crippen LogP contribution in [0.5, 0.6) is 0 Å². The second kappa shape index (κ2) is 5.19. The van der Waals surface area contributed by atoms with Gasteiger partial charge in [-0.1, -0.05) is 23.2 Å². The molecule has 1 aliphatic rings. The molecular formula is C13H12Cl2O2. The SMILES string of the molecule is O=C1CCCC(C(=O)c2cc(Cl)ccc2Cl)C1. The van der Waals surface area contributed by atoms with Gasteiger partial charge in [-0.15, -0.1) is 0 Å². The molecule has 17 heavy (non-hydrogen) atoms. The van der Waals surface area contributed by atoms with Crippen LogP contribution in [0.4, 0.5) is 0 Å². The van der Waals surface area contributed by atoms with E-state index >= 15 is 0 Å². The number of ketones is 2. The summed E-state index contributed by atoms with van der Waals surface area (Å²) in [6.07, 6.45) is 2.47. The molecule has 0 saturated heterocycles. The molecule has 90 valence electrons. The van der Waals surface area contributed by atoms with E-state index in [2.05, 4.69) is 0 Å². The first kappa shape index (κ1) is 12.6. The summed E-state index contributed by atoms with van der Waals surface area (Å²) in [6, 6.07) is 4.83. The molecule has 0 heterocycles. The molecule has 2 rings (SSSR count). The summed E-state index contributed by atoms with van der Waals surface area (Å²) in [7, 11) is 0. The Hall–Kier alpha value is -0.860. The molecule has 2 nitrogen and oxygen atoms in total. The van der Waals surface area contributed by atoms with Crippen LogP contribution in [0.15, 0.2) is 18.2 Å². The lowest BCUT2D eigenvalue weighted by atomic mass is 9.83. The molecule has 1 fully saturated rings. The van der Waals surface area contributed by atoms with Gasteiger partial charge in [-0.3, -0.25) is 9.59 Å². The number of benzene rings is 1. The molecule has 0 spiro atoms. The number of rotatable bonds is 2. The van der Waals surface area contributed by atoms with Crippen LogP contribution in [-0.4, -0.2) is 11.6 Å². The van der Waals surface area contributed by atoms with Crippen LogP contribution in [-0.2, 0) is 4.79 Å². The fraction of sp³-hybridized carbons (Fsp3) is 0.385. The van der Waals surface area contributed by atoms with Gasteiger partial charge in [0.15, 0.2) is 5.78 Å². The molecule has 0 radical (unpaired) electrons. The van der Waals surface area contributed by atoms with Crippen molar-refractivity contribution in [3.8, 4) is 0 Å². The summed E-state index contributed by atoms with van der Waals surface area (Å²) < 4.78 is 0. The third kappa shape index (κ3) is 2.88. The Kier molecular flexibility index (Phi) is 3.85. The first-order valence-electron chi connectivity index (χ1n) is 5.59. The van der Waals surface area contributed by atoms with Gasteiger partial charge in [0.25, 0.3) is 0 Å². The third-order valence-corrected chi connectivity index (χ3v) is 3.61. The topological polar surface area (TPSA) is 34.1 Å².